The summed E-state index contributed by atoms with van der Waals surface area (Å²) in [7, 11) is 3.20. The second kappa shape index (κ2) is 4.79. The summed E-state index contributed by atoms with van der Waals surface area (Å²) in [6.07, 6.45) is 1.57. The predicted octanol–water partition coefficient (Wildman–Crippen LogP) is 1.39. The molecular formula is C12H13N3O3. The van der Waals surface area contributed by atoms with E-state index >= 15 is 0 Å². The van der Waals surface area contributed by atoms with Gasteiger partial charge in [-0.15, -0.1) is 0 Å². The average Bonchev–Trinajstić information content (AvgIpc) is 2.75. The van der Waals surface area contributed by atoms with Crippen molar-refractivity contribution in [3.05, 3.63) is 36.0 Å². The Morgan fingerprint density at radius 2 is 2.22 bits per heavy atom. The molecule has 0 aliphatic heterocycles. The summed E-state index contributed by atoms with van der Waals surface area (Å²) in [5.41, 5.74) is 0.149. The standard InChI is InChI=1S/C12H13N3O3/c1-15-11(5-6-13-15)14-12(17)9-7-8(18-2)3-4-10(9)16/h3-7,16H,1-2H3,(H,14,17). The van der Waals surface area contributed by atoms with Crippen molar-refractivity contribution in [2.45, 2.75) is 0 Å². The van der Waals surface area contributed by atoms with Crippen LogP contribution >= 0.6 is 0 Å². The van der Waals surface area contributed by atoms with E-state index in [0.717, 1.165) is 0 Å². The van der Waals surface area contributed by atoms with E-state index < -0.39 is 5.91 Å². The molecule has 0 fully saturated rings. The van der Waals surface area contributed by atoms with Crippen molar-refractivity contribution in [1.29, 1.82) is 0 Å². The van der Waals surface area contributed by atoms with Crippen molar-refractivity contribution < 1.29 is 14.6 Å². The molecule has 0 aliphatic carbocycles. The third-order valence-electron chi connectivity index (χ3n) is 2.51. The molecule has 94 valence electrons. The van der Waals surface area contributed by atoms with Crippen LogP contribution in [0.25, 0.3) is 0 Å². The van der Waals surface area contributed by atoms with Gasteiger partial charge in [0.05, 0.1) is 18.9 Å². The molecule has 0 bridgehead atoms. The number of phenolic OH excluding ortho intramolecular Hbond substituents is 1. The van der Waals surface area contributed by atoms with Gasteiger partial charge >= 0.3 is 0 Å². The van der Waals surface area contributed by atoms with Crippen LogP contribution in [0.4, 0.5) is 5.82 Å². The van der Waals surface area contributed by atoms with Crippen molar-refractivity contribution in [1.82, 2.24) is 9.78 Å². The molecule has 1 amide bonds. The lowest BCUT2D eigenvalue weighted by atomic mass is 10.2. The number of anilines is 1. The van der Waals surface area contributed by atoms with Crippen molar-refractivity contribution in [3.63, 3.8) is 0 Å². The summed E-state index contributed by atoms with van der Waals surface area (Å²) >= 11 is 0. The maximum Gasteiger partial charge on any atom is 0.260 e. The monoisotopic (exact) mass is 247 g/mol. The Bertz CT molecular complexity index is 578. The molecule has 0 unspecified atom stereocenters. The van der Waals surface area contributed by atoms with Gasteiger partial charge in [0.25, 0.3) is 5.91 Å². The van der Waals surface area contributed by atoms with E-state index in [2.05, 4.69) is 10.4 Å². The largest absolute Gasteiger partial charge is 0.507 e. The maximum atomic E-state index is 12.0. The van der Waals surface area contributed by atoms with Gasteiger partial charge in [-0.25, -0.2) is 0 Å². The fraction of sp³-hybridized carbons (Fsp3) is 0.167. The van der Waals surface area contributed by atoms with Gasteiger partial charge in [-0.05, 0) is 18.2 Å². The molecule has 0 saturated carbocycles. The lowest BCUT2D eigenvalue weighted by Gasteiger charge is -2.08. The van der Waals surface area contributed by atoms with Gasteiger partial charge < -0.3 is 15.2 Å². The van der Waals surface area contributed by atoms with Crippen LogP contribution in [0.5, 0.6) is 11.5 Å². The molecule has 0 spiro atoms. The summed E-state index contributed by atoms with van der Waals surface area (Å²) in [6.45, 7) is 0. The molecule has 18 heavy (non-hydrogen) atoms. The minimum atomic E-state index is -0.421. The number of benzene rings is 1. The van der Waals surface area contributed by atoms with E-state index in [0.29, 0.717) is 11.6 Å². The normalized spacial score (nSPS) is 10.1. The Balaban J connectivity index is 2.26. The summed E-state index contributed by atoms with van der Waals surface area (Å²) < 4.78 is 6.53. The van der Waals surface area contributed by atoms with Crippen molar-refractivity contribution in [2.24, 2.45) is 7.05 Å². The molecule has 1 aromatic carbocycles. The number of aromatic nitrogens is 2. The lowest BCUT2D eigenvalue weighted by Crippen LogP contribution is -2.14. The molecule has 0 aliphatic rings. The number of nitrogens with one attached hydrogen (secondary N) is 1. The Labute approximate surface area is 104 Å². The van der Waals surface area contributed by atoms with Gasteiger partial charge in [0.2, 0.25) is 0 Å². The van der Waals surface area contributed by atoms with E-state index in [-0.39, 0.29) is 11.3 Å². The van der Waals surface area contributed by atoms with Crippen LogP contribution in [-0.4, -0.2) is 27.9 Å². The highest BCUT2D eigenvalue weighted by molar-refractivity contribution is 6.05. The van der Waals surface area contributed by atoms with Crippen LogP contribution in [0.1, 0.15) is 10.4 Å². The third-order valence-corrected chi connectivity index (χ3v) is 2.51. The zero-order valence-electron chi connectivity index (χ0n) is 10.0. The van der Waals surface area contributed by atoms with Gasteiger partial charge in [-0.1, -0.05) is 0 Å². The highest BCUT2D eigenvalue weighted by Crippen LogP contribution is 2.23. The smallest absolute Gasteiger partial charge is 0.260 e. The number of phenols is 1. The van der Waals surface area contributed by atoms with E-state index in [1.165, 1.54) is 23.9 Å². The Hall–Kier alpha value is -2.50. The number of aryl methyl sites for hydroxylation is 1. The topological polar surface area (TPSA) is 76.4 Å². The van der Waals surface area contributed by atoms with Crippen molar-refractivity contribution >= 4 is 11.7 Å². The molecule has 6 heteroatoms. The fourth-order valence-corrected chi connectivity index (χ4v) is 1.50. The number of methoxy groups -OCH3 is 1. The second-order valence-corrected chi connectivity index (χ2v) is 3.68. The van der Waals surface area contributed by atoms with Crippen LogP contribution in [0.2, 0.25) is 0 Å². The summed E-state index contributed by atoms with van der Waals surface area (Å²) in [4.78, 5) is 12.0. The number of carbonyl (C=O) groups is 1. The zero-order valence-corrected chi connectivity index (χ0v) is 10.0. The first-order chi connectivity index (χ1) is 8.61. The number of ether oxygens (including phenoxy) is 1. The summed E-state index contributed by atoms with van der Waals surface area (Å²) in [5.74, 6) is 0.524. The first-order valence-corrected chi connectivity index (χ1v) is 5.28. The van der Waals surface area contributed by atoms with Gasteiger partial charge in [0.15, 0.2) is 0 Å². The minimum Gasteiger partial charge on any atom is -0.507 e. The van der Waals surface area contributed by atoms with E-state index in [4.69, 9.17) is 4.74 Å². The Morgan fingerprint density at radius 1 is 1.44 bits per heavy atom. The van der Waals surface area contributed by atoms with Gasteiger partial charge in [-0.2, -0.15) is 5.10 Å². The van der Waals surface area contributed by atoms with Crippen LogP contribution in [0.3, 0.4) is 0 Å². The highest BCUT2D eigenvalue weighted by atomic mass is 16.5. The van der Waals surface area contributed by atoms with E-state index in [1.54, 1.807) is 25.4 Å². The number of carbonyl (C=O) groups excluding carboxylic acids is 1. The van der Waals surface area contributed by atoms with Gasteiger partial charge in [0.1, 0.15) is 17.3 Å². The predicted molar refractivity (Wildman–Crippen MR) is 65.8 cm³/mol. The van der Waals surface area contributed by atoms with Gasteiger partial charge in [0, 0.05) is 13.1 Å². The number of hydrogen-bond donors (Lipinski definition) is 2. The van der Waals surface area contributed by atoms with Crippen LogP contribution in [0.15, 0.2) is 30.5 Å². The number of hydrogen-bond acceptors (Lipinski definition) is 4. The molecule has 2 N–H and O–H groups in total. The number of nitrogens with zero attached hydrogens (tertiary/aromatic N) is 2. The molecule has 1 heterocycles. The molecule has 2 aromatic rings. The fourth-order valence-electron chi connectivity index (χ4n) is 1.50. The third kappa shape index (κ3) is 2.27. The van der Waals surface area contributed by atoms with Crippen LogP contribution in [0, 0.1) is 0 Å². The molecule has 0 radical (unpaired) electrons. The molecule has 0 atom stereocenters. The second-order valence-electron chi connectivity index (χ2n) is 3.68. The molecular weight excluding hydrogens is 234 g/mol. The SMILES string of the molecule is COc1ccc(O)c(C(=O)Nc2ccnn2C)c1. The number of rotatable bonds is 3. The number of amides is 1. The molecule has 2 rings (SSSR count). The lowest BCUT2D eigenvalue weighted by molar-refractivity contribution is 0.102. The van der Waals surface area contributed by atoms with Crippen LogP contribution < -0.4 is 10.1 Å². The van der Waals surface area contributed by atoms with Gasteiger partial charge in [-0.3, -0.25) is 9.48 Å². The van der Waals surface area contributed by atoms with E-state index in [9.17, 15) is 9.90 Å². The average molecular weight is 247 g/mol. The van der Waals surface area contributed by atoms with Crippen LogP contribution in [-0.2, 0) is 7.05 Å². The minimum absolute atomic E-state index is 0.101. The molecule has 0 saturated heterocycles. The molecule has 6 nitrogen and oxygen atoms in total. The summed E-state index contributed by atoms with van der Waals surface area (Å²) in [6, 6.07) is 6.13. The molecule has 1 aromatic heterocycles. The maximum absolute atomic E-state index is 12.0. The van der Waals surface area contributed by atoms with Crippen molar-refractivity contribution in [3.8, 4) is 11.5 Å². The number of aromatic hydroxyl groups is 1. The summed E-state index contributed by atoms with van der Waals surface area (Å²) in [5, 5.41) is 16.2. The first-order valence-electron chi connectivity index (χ1n) is 5.28. The highest BCUT2D eigenvalue weighted by Gasteiger charge is 2.13. The Morgan fingerprint density at radius 3 is 2.83 bits per heavy atom. The Kier molecular flexibility index (Phi) is 3.18. The zero-order chi connectivity index (χ0) is 13.1. The van der Waals surface area contributed by atoms with Crippen molar-refractivity contribution in [2.75, 3.05) is 12.4 Å². The van der Waals surface area contributed by atoms with E-state index in [1.807, 2.05) is 0 Å². The first kappa shape index (κ1) is 12.0. The quantitative estimate of drug-likeness (QED) is 0.859.